The molecule has 106 valence electrons. The fraction of sp³-hybridized carbons (Fsp3) is 0.500. The van der Waals surface area contributed by atoms with Gasteiger partial charge in [0.25, 0.3) is 0 Å². The number of methoxy groups -OCH3 is 1. The van der Waals surface area contributed by atoms with Crippen LogP contribution in [0.1, 0.15) is 36.2 Å². The Morgan fingerprint density at radius 2 is 2.11 bits per heavy atom. The smallest absolute Gasteiger partial charge is 0.335 e. The van der Waals surface area contributed by atoms with E-state index >= 15 is 0 Å². The Labute approximate surface area is 112 Å². The molecule has 0 amide bonds. The molecular weight excluding hydrogens is 251 g/mol. The summed E-state index contributed by atoms with van der Waals surface area (Å²) in [5.41, 5.74) is 0.00825. The molecule has 5 heteroatoms. The van der Waals surface area contributed by atoms with E-state index in [0.29, 0.717) is 13.0 Å². The van der Waals surface area contributed by atoms with Crippen molar-refractivity contribution in [3.8, 4) is 0 Å². The van der Waals surface area contributed by atoms with E-state index in [1.165, 1.54) is 12.1 Å². The number of benzene rings is 1. The number of ether oxygens (including phenoxy) is 2. The van der Waals surface area contributed by atoms with E-state index in [-0.39, 0.29) is 23.3 Å². The number of hydrogen-bond donors (Lipinski definition) is 1. The first-order valence-corrected chi connectivity index (χ1v) is 6.00. The summed E-state index contributed by atoms with van der Waals surface area (Å²) in [6, 6.07) is 3.66. The third kappa shape index (κ3) is 4.96. The lowest BCUT2D eigenvalue weighted by molar-refractivity contribution is -0.0127. The van der Waals surface area contributed by atoms with Gasteiger partial charge in [-0.25, -0.2) is 9.18 Å². The number of hydrogen-bond acceptors (Lipinski definition) is 3. The van der Waals surface area contributed by atoms with E-state index in [4.69, 9.17) is 14.6 Å². The Kier molecular flexibility index (Phi) is 5.44. The molecule has 0 aliphatic heterocycles. The van der Waals surface area contributed by atoms with Gasteiger partial charge in [0.2, 0.25) is 0 Å². The third-order valence-electron chi connectivity index (χ3n) is 2.95. The fourth-order valence-electron chi connectivity index (χ4n) is 1.42. The van der Waals surface area contributed by atoms with Crippen molar-refractivity contribution >= 4 is 5.97 Å². The van der Waals surface area contributed by atoms with E-state index in [1.54, 1.807) is 7.11 Å². The van der Waals surface area contributed by atoms with Crippen LogP contribution in [0.2, 0.25) is 0 Å². The summed E-state index contributed by atoms with van der Waals surface area (Å²) in [5, 5.41) is 8.83. The Hall–Kier alpha value is -1.46. The molecule has 19 heavy (non-hydrogen) atoms. The minimum atomic E-state index is -1.08. The summed E-state index contributed by atoms with van der Waals surface area (Å²) < 4.78 is 24.1. The Morgan fingerprint density at radius 1 is 1.42 bits per heavy atom. The van der Waals surface area contributed by atoms with Crippen molar-refractivity contribution in [2.24, 2.45) is 0 Å². The van der Waals surface area contributed by atoms with Gasteiger partial charge in [-0.15, -0.1) is 0 Å². The van der Waals surface area contributed by atoms with Crippen LogP contribution in [0.3, 0.4) is 0 Å². The molecule has 0 saturated carbocycles. The first-order chi connectivity index (χ1) is 8.85. The number of rotatable bonds is 7. The monoisotopic (exact) mass is 270 g/mol. The van der Waals surface area contributed by atoms with Gasteiger partial charge in [-0.2, -0.15) is 0 Å². The predicted octanol–water partition coefficient (Wildman–Crippen LogP) is 2.86. The topological polar surface area (TPSA) is 55.8 Å². The molecule has 4 nitrogen and oxygen atoms in total. The maximum Gasteiger partial charge on any atom is 0.335 e. The van der Waals surface area contributed by atoms with Gasteiger partial charge < -0.3 is 14.6 Å². The van der Waals surface area contributed by atoms with Crippen LogP contribution in [-0.2, 0) is 16.1 Å². The minimum Gasteiger partial charge on any atom is -0.478 e. The normalized spacial score (nSPS) is 11.6. The summed E-state index contributed by atoms with van der Waals surface area (Å²) in [6.07, 6.45) is 0.670. The molecule has 1 rings (SSSR count). The zero-order valence-electron chi connectivity index (χ0n) is 11.4. The van der Waals surface area contributed by atoms with E-state index in [1.807, 2.05) is 13.8 Å². The van der Waals surface area contributed by atoms with Crippen LogP contribution in [0.4, 0.5) is 4.39 Å². The van der Waals surface area contributed by atoms with Crippen molar-refractivity contribution in [1.82, 2.24) is 0 Å². The van der Waals surface area contributed by atoms with Gasteiger partial charge in [-0.1, -0.05) is 0 Å². The van der Waals surface area contributed by atoms with Crippen LogP contribution in [-0.4, -0.2) is 30.4 Å². The molecule has 0 heterocycles. The summed E-state index contributed by atoms with van der Waals surface area (Å²) in [4.78, 5) is 10.8. The molecular formula is C14H19FO4. The molecule has 0 aliphatic carbocycles. The number of carbonyl (C=O) groups is 1. The molecule has 0 saturated heterocycles. The highest BCUT2D eigenvalue weighted by molar-refractivity contribution is 5.87. The van der Waals surface area contributed by atoms with E-state index in [9.17, 15) is 9.18 Å². The maximum absolute atomic E-state index is 13.5. The average Bonchev–Trinajstić information content (AvgIpc) is 2.36. The summed E-state index contributed by atoms with van der Waals surface area (Å²) in [5.74, 6) is -1.54. The lowest BCUT2D eigenvalue weighted by Gasteiger charge is -2.22. The van der Waals surface area contributed by atoms with E-state index in [0.717, 1.165) is 6.07 Å². The van der Waals surface area contributed by atoms with Gasteiger partial charge in [0, 0.05) is 19.3 Å². The zero-order chi connectivity index (χ0) is 14.5. The van der Waals surface area contributed by atoms with Crippen molar-refractivity contribution in [2.45, 2.75) is 32.5 Å². The van der Waals surface area contributed by atoms with Crippen molar-refractivity contribution in [3.63, 3.8) is 0 Å². The molecule has 0 radical (unpaired) electrons. The number of carboxylic acids is 1. The van der Waals surface area contributed by atoms with Crippen LogP contribution in [0.15, 0.2) is 18.2 Å². The first-order valence-electron chi connectivity index (χ1n) is 6.00. The minimum absolute atomic E-state index is 0.0484. The predicted molar refractivity (Wildman–Crippen MR) is 68.7 cm³/mol. The Bertz CT molecular complexity index is 443. The summed E-state index contributed by atoms with van der Waals surface area (Å²) >= 11 is 0. The van der Waals surface area contributed by atoms with Crippen LogP contribution in [0.5, 0.6) is 0 Å². The van der Waals surface area contributed by atoms with Crippen molar-refractivity contribution in [2.75, 3.05) is 13.7 Å². The van der Waals surface area contributed by atoms with E-state index < -0.39 is 11.8 Å². The number of carboxylic acid groups (broad SMARTS) is 1. The molecule has 0 unspecified atom stereocenters. The van der Waals surface area contributed by atoms with Crippen LogP contribution in [0, 0.1) is 5.82 Å². The molecule has 0 spiro atoms. The molecule has 1 aromatic carbocycles. The second-order valence-corrected chi connectivity index (χ2v) is 4.88. The van der Waals surface area contributed by atoms with Crippen LogP contribution in [0.25, 0.3) is 0 Å². The summed E-state index contributed by atoms with van der Waals surface area (Å²) in [7, 11) is 1.62. The maximum atomic E-state index is 13.5. The highest BCUT2D eigenvalue weighted by Crippen LogP contribution is 2.15. The van der Waals surface area contributed by atoms with Crippen LogP contribution < -0.4 is 0 Å². The highest BCUT2D eigenvalue weighted by atomic mass is 19.1. The SMILES string of the molecule is COC(C)(C)CCOCc1cc(C(=O)O)ccc1F. The quantitative estimate of drug-likeness (QED) is 0.774. The van der Waals surface area contributed by atoms with Gasteiger partial charge in [-0.05, 0) is 38.5 Å². The lowest BCUT2D eigenvalue weighted by Crippen LogP contribution is -2.24. The second kappa shape index (κ2) is 6.63. The van der Waals surface area contributed by atoms with Crippen molar-refractivity contribution in [3.05, 3.63) is 35.1 Å². The molecule has 0 aliphatic rings. The largest absolute Gasteiger partial charge is 0.478 e. The molecule has 1 aromatic rings. The zero-order valence-corrected chi connectivity index (χ0v) is 11.4. The number of aromatic carboxylic acids is 1. The van der Waals surface area contributed by atoms with Gasteiger partial charge in [0.15, 0.2) is 0 Å². The van der Waals surface area contributed by atoms with Crippen molar-refractivity contribution < 1.29 is 23.8 Å². The molecule has 1 N–H and O–H groups in total. The first kappa shape index (κ1) is 15.6. The molecule has 0 fully saturated rings. The standard InChI is InChI=1S/C14H19FO4/c1-14(2,18-3)6-7-19-9-11-8-10(13(16)17)4-5-12(11)15/h4-5,8H,6-7,9H2,1-3H3,(H,16,17). The average molecular weight is 270 g/mol. The Morgan fingerprint density at radius 3 is 2.68 bits per heavy atom. The number of halogens is 1. The third-order valence-corrected chi connectivity index (χ3v) is 2.95. The molecule has 0 aromatic heterocycles. The van der Waals surface area contributed by atoms with Crippen LogP contribution >= 0.6 is 0 Å². The van der Waals surface area contributed by atoms with Gasteiger partial charge in [-0.3, -0.25) is 0 Å². The molecule has 0 bridgehead atoms. The van der Waals surface area contributed by atoms with E-state index in [2.05, 4.69) is 0 Å². The summed E-state index contributed by atoms with van der Waals surface area (Å²) in [6.45, 7) is 4.33. The second-order valence-electron chi connectivity index (χ2n) is 4.88. The lowest BCUT2D eigenvalue weighted by atomic mass is 10.1. The molecule has 0 atom stereocenters. The van der Waals surface area contributed by atoms with Gasteiger partial charge >= 0.3 is 5.97 Å². The van der Waals surface area contributed by atoms with Gasteiger partial charge in [0.05, 0.1) is 17.8 Å². The van der Waals surface area contributed by atoms with Crippen molar-refractivity contribution in [1.29, 1.82) is 0 Å². The fourth-order valence-corrected chi connectivity index (χ4v) is 1.42. The highest BCUT2D eigenvalue weighted by Gasteiger charge is 2.16. The Balaban J connectivity index is 2.53. The van der Waals surface area contributed by atoms with Gasteiger partial charge in [0.1, 0.15) is 5.82 Å².